The number of carbonyl (C=O) groups is 2. The van der Waals surface area contributed by atoms with Crippen molar-refractivity contribution in [2.24, 2.45) is 0 Å². The van der Waals surface area contributed by atoms with Crippen LogP contribution in [-0.2, 0) is 19.6 Å². The predicted octanol–water partition coefficient (Wildman–Crippen LogP) is 2.31. The van der Waals surface area contributed by atoms with Crippen LogP contribution in [0.4, 0.5) is 15.8 Å². The van der Waals surface area contributed by atoms with Crippen molar-refractivity contribution in [3.63, 3.8) is 0 Å². The maximum absolute atomic E-state index is 13.3. The van der Waals surface area contributed by atoms with Crippen molar-refractivity contribution in [2.45, 2.75) is 17.7 Å². The Balaban J connectivity index is 1.63. The normalized spacial score (nSPS) is 14.2. The molecule has 31 heavy (non-hydrogen) atoms. The number of nitrogens with zero attached hydrogens (tertiary/aromatic N) is 2. The van der Waals surface area contributed by atoms with E-state index in [1.165, 1.54) is 28.6 Å². The van der Waals surface area contributed by atoms with Crippen LogP contribution >= 0.6 is 0 Å². The fourth-order valence-corrected chi connectivity index (χ4v) is 4.57. The molecule has 164 valence electrons. The number of nitro benzene ring substituents is 1. The summed E-state index contributed by atoms with van der Waals surface area (Å²) in [6.07, 6.45) is 1.54. The van der Waals surface area contributed by atoms with Crippen molar-refractivity contribution >= 4 is 33.3 Å². The van der Waals surface area contributed by atoms with E-state index in [1.807, 2.05) is 0 Å². The van der Waals surface area contributed by atoms with Gasteiger partial charge in [-0.2, -0.15) is 8.70 Å². The summed E-state index contributed by atoms with van der Waals surface area (Å²) in [4.78, 5) is 34.0. The monoisotopic (exact) mass is 451 g/mol. The maximum Gasteiger partial charge on any atom is 0.338 e. The minimum absolute atomic E-state index is 0.0483. The van der Waals surface area contributed by atoms with Gasteiger partial charge < -0.3 is 10.1 Å². The third-order valence-electron chi connectivity index (χ3n) is 4.53. The van der Waals surface area contributed by atoms with Gasteiger partial charge in [-0.05, 0) is 43.2 Å². The fourth-order valence-electron chi connectivity index (χ4n) is 3.00. The number of benzene rings is 2. The summed E-state index contributed by atoms with van der Waals surface area (Å²) < 4.78 is 44.8. The Hall–Kier alpha value is -3.38. The van der Waals surface area contributed by atoms with E-state index in [2.05, 4.69) is 5.32 Å². The van der Waals surface area contributed by atoms with Gasteiger partial charge in [-0.3, -0.25) is 14.9 Å². The minimum atomic E-state index is -3.72. The number of rotatable bonds is 7. The lowest BCUT2D eigenvalue weighted by molar-refractivity contribution is -0.387. The van der Waals surface area contributed by atoms with E-state index < -0.39 is 44.9 Å². The van der Waals surface area contributed by atoms with E-state index in [9.17, 15) is 32.5 Å². The molecule has 10 nitrogen and oxygen atoms in total. The molecular formula is C19H18FN3O7S. The third kappa shape index (κ3) is 5.22. The van der Waals surface area contributed by atoms with Crippen LogP contribution in [0, 0.1) is 15.9 Å². The smallest absolute Gasteiger partial charge is 0.338 e. The van der Waals surface area contributed by atoms with E-state index in [-0.39, 0.29) is 16.1 Å². The van der Waals surface area contributed by atoms with Gasteiger partial charge in [0.2, 0.25) is 15.8 Å². The number of hydrogen-bond acceptors (Lipinski definition) is 7. The number of carbonyl (C=O) groups excluding carboxylic acids is 2. The molecule has 0 radical (unpaired) electrons. The van der Waals surface area contributed by atoms with Gasteiger partial charge in [0.05, 0.1) is 15.4 Å². The maximum atomic E-state index is 13.3. The van der Waals surface area contributed by atoms with Crippen molar-refractivity contribution < 1.29 is 32.1 Å². The van der Waals surface area contributed by atoms with Gasteiger partial charge in [-0.25, -0.2) is 13.2 Å². The Kier molecular flexibility index (Phi) is 6.61. The zero-order valence-corrected chi connectivity index (χ0v) is 16.9. The highest BCUT2D eigenvalue weighted by atomic mass is 32.2. The number of hydrogen-bond donors (Lipinski definition) is 1. The molecule has 0 bridgehead atoms. The number of ether oxygens (including phenoxy) is 1. The van der Waals surface area contributed by atoms with E-state index in [4.69, 9.17) is 4.74 Å². The Bertz CT molecular complexity index is 1130. The van der Waals surface area contributed by atoms with Gasteiger partial charge in [-0.1, -0.05) is 6.07 Å². The summed E-state index contributed by atoms with van der Waals surface area (Å²) in [5.74, 6) is -2.79. The van der Waals surface area contributed by atoms with Crippen molar-refractivity contribution in [1.82, 2.24) is 4.31 Å². The van der Waals surface area contributed by atoms with Gasteiger partial charge in [-0.15, -0.1) is 0 Å². The number of sulfonamides is 1. The molecule has 3 rings (SSSR count). The first kappa shape index (κ1) is 22.3. The molecule has 0 atom stereocenters. The molecule has 12 heteroatoms. The molecule has 1 amide bonds. The molecule has 0 saturated carbocycles. The van der Waals surface area contributed by atoms with Crippen LogP contribution < -0.4 is 5.32 Å². The van der Waals surface area contributed by atoms with Crippen molar-refractivity contribution in [3.8, 4) is 0 Å². The van der Waals surface area contributed by atoms with Gasteiger partial charge in [0.1, 0.15) is 0 Å². The highest BCUT2D eigenvalue weighted by Gasteiger charge is 2.27. The zero-order valence-electron chi connectivity index (χ0n) is 16.1. The van der Waals surface area contributed by atoms with Crippen molar-refractivity contribution in [1.29, 1.82) is 0 Å². The first-order valence-corrected chi connectivity index (χ1v) is 10.6. The molecule has 1 N–H and O–H groups in total. The molecule has 1 aliphatic heterocycles. The zero-order chi connectivity index (χ0) is 22.6. The fraction of sp³-hybridized carbons (Fsp3) is 0.263. The van der Waals surface area contributed by atoms with Crippen LogP contribution in [0.25, 0.3) is 0 Å². The van der Waals surface area contributed by atoms with Crippen LogP contribution in [0.15, 0.2) is 47.4 Å². The highest BCUT2D eigenvalue weighted by molar-refractivity contribution is 7.89. The van der Waals surface area contributed by atoms with Crippen LogP contribution in [0.2, 0.25) is 0 Å². The molecule has 2 aromatic rings. The summed E-state index contributed by atoms with van der Waals surface area (Å²) >= 11 is 0. The summed E-state index contributed by atoms with van der Waals surface area (Å²) in [6, 6.07) is 8.09. The standard InChI is InChI=1S/C19H18FN3O7S/c20-16-7-6-14(11-17(16)23(26)27)21-18(24)12-30-19(25)13-4-3-5-15(10-13)31(28,29)22-8-1-2-9-22/h3-7,10-11H,1-2,8-9,12H2,(H,21,24). The number of nitro groups is 1. The molecule has 0 aromatic heterocycles. The van der Waals surface area contributed by atoms with Gasteiger partial charge in [0.25, 0.3) is 5.91 Å². The predicted molar refractivity (Wildman–Crippen MR) is 106 cm³/mol. The van der Waals surface area contributed by atoms with Gasteiger partial charge in [0.15, 0.2) is 6.61 Å². The molecule has 1 aliphatic rings. The van der Waals surface area contributed by atoms with E-state index in [0.717, 1.165) is 31.0 Å². The quantitative estimate of drug-likeness (QED) is 0.388. The second-order valence-electron chi connectivity index (χ2n) is 6.69. The lowest BCUT2D eigenvalue weighted by Crippen LogP contribution is -2.28. The molecule has 0 spiro atoms. The summed E-state index contributed by atoms with van der Waals surface area (Å²) in [5, 5.41) is 13.0. The molecule has 0 aliphatic carbocycles. The number of amides is 1. The molecular weight excluding hydrogens is 433 g/mol. The molecule has 1 fully saturated rings. The van der Waals surface area contributed by atoms with Gasteiger partial charge >= 0.3 is 11.7 Å². The molecule has 2 aromatic carbocycles. The van der Waals surface area contributed by atoms with Crippen LogP contribution in [0.3, 0.4) is 0 Å². The van der Waals surface area contributed by atoms with E-state index >= 15 is 0 Å². The molecule has 1 heterocycles. The largest absolute Gasteiger partial charge is 0.452 e. The Morgan fingerprint density at radius 3 is 2.55 bits per heavy atom. The Labute approximate surface area is 176 Å². The van der Waals surface area contributed by atoms with E-state index in [0.29, 0.717) is 13.1 Å². The Morgan fingerprint density at radius 1 is 1.16 bits per heavy atom. The lowest BCUT2D eigenvalue weighted by atomic mass is 10.2. The van der Waals surface area contributed by atoms with Crippen LogP contribution in [0.5, 0.6) is 0 Å². The third-order valence-corrected chi connectivity index (χ3v) is 6.43. The second-order valence-corrected chi connectivity index (χ2v) is 8.62. The van der Waals surface area contributed by atoms with E-state index in [1.54, 1.807) is 0 Å². The van der Waals surface area contributed by atoms with Crippen LogP contribution in [0.1, 0.15) is 23.2 Å². The SMILES string of the molecule is O=C(COC(=O)c1cccc(S(=O)(=O)N2CCCC2)c1)Nc1ccc(F)c([N+](=O)[O-])c1. The molecule has 1 saturated heterocycles. The number of nitrogens with one attached hydrogen (secondary N) is 1. The average molecular weight is 451 g/mol. The lowest BCUT2D eigenvalue weighted by Gasteiger charge is -2.15. The first-order valence-electron chi connectivity index (χ1n) is 9.19. The number of esters is 1. The highest BCUT2D eigenvalue weighted by Crippen LogP contribution is 2.23. The Morgan fingerprint density at radius 2 is 1.87 bits per heavy atom. The second kappa shape index (κ2) is 9.18. The summed E-state index contributed by atoms with van der Waals surface area (Å²) in [6.45, 7) is 0.102. The first-order chi connectivity index (χ1) is 14.7. The minimum Gasteiger partial charge on any atom is -0.452 e. The molecule has 0 unspecified atom stereocenters. The van der Waals surface area contributed by atoms with Crippen LogP contribution in [-0.4, -0.2) is 49.2 Å². The van der Waals surface area contributed by atoms with Crippen molar-refractivity contribution in [3.05, 3.63) is 64.0 Å². The number of halogens is 1. The topological polar surface area (TPSA) is 136 Å². The van der Waals surface area contributed by atoms with Gasteiger partial charge in [0, 0.05) is 24.8 Å². The summed E-state index contributed by atoms with van der Waals surface area (Å²) in [5.41, 5.74) is -0.913. The summed E-state index contributed by atoms with van der Waals surface area (Å²) in [7, 11) is -3.72. The number of anilines is 1. The average Bonchev–Trinajstić information content (AvgIpc) is 3.29. The van der Waals surface area contributed by atoms with Crippen molar-refractivity contribution in [2.75, 3.05) is 25.0 Å².